The predicted molar refractivity (Wildman–Crippen MR) is 93.7 cm³/mol. The van der Waals surface area contributed by atoms with Crippen molar-refractivity contribution in [2.45, 2.75) is 39.2 Å². The van der Waals surface area contributed by atoms with E-state index in [2.05, 4.69) is 26.8 Å². The van der Waals surface area contributed by atoms with E-state index in [0.29, 0.717) is 5.95 Å². The molecule has 2 aromatic rings. The van der Waals surface area contributed by atoms with E-state index >= 15 is 0 Å². The van der Waals surface area contributed by atoms with Crippen molar-refractivity contribution in [3.63, 3.8) is 0 Å². The third-order valence-corrected chi connectivity index (χ3v) is 4.97. The summed E-state index contributed by atoms with van der Waals surface area (Å²) in [6.45, 7) is 5.81. The SMILES string of the molecule is CCc1c(C)nc(N)nc1N1CCC([C@@H](O)c2nccn2C)CC1. The van der Waals surface area contributed by atoms with E-state index in [-0.39, 0.29) is 5.92 Å². The molecule has 1 saturated heterocycles. The van der Waals surface area contributed by atoms with E-state index < -0.39 is 6.10 Å². The Kier molecular flexibility index (Phi) is 4.71. The predicted octanol–water partition coefficient (Wildman–Crippen LogP) is 1.61. The topological polar surface area (TPSA) is 93.1 Å². The minimum Gasteiger partial charge on any atom is -0.385 e. The Hall–Kier alpha value is -2.15. The molecule has 1 aliphatic heterocycles. The normalized spacial score (nSPS) is 17.2. The largest absolute Gasteiger partial charge is 0.385 e. The molecule has 3 N–H and O–H groups in total. The van der Waals surface area contributed by atoms with E-state index in [1.54, 1.807) is 6.20 Å². The molecule has 0 amide bonds. The number of rotatable bonds is 4. The number of hydrogen-bond donors (Lipinski definition) is 2. The summed E-state index contributed by atoms with van der Waals surface area (Å²) >= 11 is 0. The van der Waals surface area contributed by atoms with Crippen LogP contribution < -0.4 is 10.6 Å². The van der Waals surface area contributed by atoms with Crippen LogP contribution in [-0.4, -0.2) is 37.7 Å². The van der Waals surface area contributed by atoms with Crippen molar-refractivity contribution < 1.29 is 5.11 Å². The molecular weight excluding hydrogens is 304 g/mol. The van der Waals surface area contributed by atoms with Gasteiger partial charge in [-0.05, 0) is 32.1 Å². The summed E-state index contributed by atoms with van der Waals surface area (Å²) in [5.41, 5.74) is 7.96. The van der Waals surface area contributed by atoms with Crippen LogP contribution in [0.3, 0.4) is 0 Å². The van der Waals surface area contributed by atoms with Crippen LogP contribution in [0.25, 0.3) is 0 Å². The van der Waals surface area contributed by atoms with Gasteiger partial charge in [0.1, 0.15) is 17.7 Å². The quantitative estimate of drug-likeness (QED) is 0.885. The molecule has 24 heavy (non-hydrogen) atoms. The van der Waals surface area contributed by atoms with Crippen LogP contribution in [0.4, 0.5) is 11.8 Å². The van der Waals surface area contributed by atoms with Crippen molar-refractivity contribution >= 4 is 11.8 Å². The van der Waals surface area contributed by atoms with Crippen molar-refractivity contribution in [2.75, 3.05) is 23.7 Å². The van der Waals surface area contributed by atoms with Crippen LogP contribution in [0.1, 0.15) is 43.0 Å². The van der Waals surface area contributed by atoms with Crippen molar-refractivity contribution in [3.8, 4) is 0 Å². The van der Waals surface area contributed by atoms with Gasteiger partial charge < -0.3 is 20.3 Å². The van der Waals surface area contributed by atoms with Gasteiger partial charge in [0.05, 0.1) is 0 Å². The highest BCUT2D eigenvalue weighted by atomic mass is 16.3. The van der Waals surface area contributed by atoms with Gasteiger partial charge in [-0.1, -0.05) is 6.92 Å². The molecule has 3 heterocycles. The standard InChI is InChI=1S/C17H26N6O/c1-4-13-11(2)20-17(18)21-15(13)23-8-5-12(6-9-23)14(24)16-19-7-10-22(16)3/h7,10,12,14,24H,4-6,8-9H2,1-3H3,(H2,18,20,21)/t14-/m1/s1. The van der Waals surface area contributed by atoms with E-state index in [4.69, 9.17) is 5.73 Å². The number of anilines is 2. The molecule has 130 valence electrons. The van der Waals surface area contributed by atoms with E-state index in [0.717, 1.165) is 55.3 Å². The van der Waals surface area contributed by atoms with Gasteiger partial charge in [-0.25, -0.2) is 9.97 Å². The van der Waals surface area contributed by atoms with Crippen LogP contribution in [0.15, 0.2) is 12.4 Å². The Balaban J connectivity index is 1.73. The Labute approximate surface area is 142 Å². The lowest BCUT2D eigenvalue weighted by Gasteiger charge is -2.35. The maximum atomic E-state index is 10.6. The second-order valence-electron chi connectivity index (χ2n) is 6.49. The van der Waals surface area contributed by atoms with Gasteiger partial charge in [0, 0.05) is 43.8 Å². The van der Waals surface area contributed by atoms with E-state index in [1.807, 2.05) is 24.7 Å². The van der Waals surface area contributed by atoms with Crippen LogP contribution >= 0.6 is 0 Å². The zero-order valence-corrected chi connectivity index (χ0v) is 14.6. The summed E-state index contributed by atoms with van der Waals surface area (Å²) in [5.74, 6) is 2.24. The first-order valence-electron chi connectivity index (χ1n) is 8.54. The molecule has 2 aromatic heterocycles. The van der Waals surface area contributed by atoms with Gasteiger partial charge in [-0.15, -0.1) is 0 Å². The Morgan fingerprint density at radius 3 is 2.62 bits per heavy atom. The minimum atomic E-state index is -0.519. The maximum absolute atomic E-state index is 10.6. The molecule has 7 heteroatoms. The molecule has 0 bridgehead atoms. The fraction of sp³-hybridized carbons (Fsp3) is 0.588. The molecule has 1 aliphatic rings. The molecule has 3 rings (SSSR count). The van der Waals surface area contributed by atoms with Gasteiger partial charge >= 0.3 is 0 Å². The van der Waals surface area contributed by atoms with Crippen molar-refractivity contribution in [1.29, 1.82) is 0 Å². The summed E-state index contributed by atoms with van der Waals surface area (Å²) in [4.78, 5) is 15.3. The number of aliphatic hydroxyl groups excluding tert-OH is 1. The molecule has 0 aromatic carbocycles. The molecule has 1 atom stereocenters. The highest BCUT2D eigenvalue weighted by molar-refractivity contribution is 5.52. The number of nitrogen functional groups attached to an aromatic ring is 1. The Bertz CT molecular complexity index is 705. The molecule has 0 saturated carbocycles. The molecule has 0 spiro atoms. The number of piperidine rings is 1. The molecule has 0 aliphatic carbocycles. The fourth-order valence-electron chi connectivity index (χ4n) is 3.58. The Morgan fingerprint density at radius 2 is 2.04 bits per heavy atom. The first kappa shape index (κ1) is 16.7. The van der Waals surface area contributed by atoms with E-state index in [1.165, 1.54) is 0 Å². The number of aromatic nitrogens is 4. The fourth-order valence-corrected chi connectivity index (χ4v) is 3.58. The van der Waals surface area contributed by atoms with Crippen molar-refractivity contribution in [1.82, 2.24) is 19.5 Å². The Morgan fingerprint density at radius 1 is 1.33 bits per heavy atom. The van der Waals surface area contributed by atoms with Crippen LogP contribution in [0.2, 0.25) is 0 Å². The summed E-state index contributed by atoms with van der Waals surface area (Å²) in [6.07, 6.45) is 5.77. The second-order valence-corrected chi connectivity index (χ2v) is 6.49. The molecule has 0 unspecified atom stereocenters. The van der Waals surface area contributed by atoms with Crippen molar-refractivity contribution in [2.24, 2.45) is 13.0 Å². The minimum absolute atomic E-state index is 0.215. The first-order chi connectivity index (χ1) is 11.5. The van der Waals surface area contributed by atoms with Gasteiger partial charge in [0.15, 0.2) is 0 Å². The maximum Gasteiger partial charge on any atom is 0.222 e. The van der Waals surface area contributed by atoms with Crippen LogP contribution in [-0.2, 0) is 13.5 Å². The monoisotopic (exact) mass is 330 g/mol. The number of hydrogen-bond acceptors (Lipinski definition) is 6. The molecule has 0 radical (unpaired) electrons. The number of imidazole rings is 1. The second kappa shape index (κ2) is 6.76. The molecule has 7 nitrogen and oxygen atoms in total. The number of aryl methyl sites for hydroxylation is 2. The van der Waals surface area contributed by atoms with E-state index in [9.17, 15) is 5.11 Å². The lowest BCUT2D eigenvalue weighted by molar-refractivity contribution is 0.0824. The number of aliphatic hydroxyl groups is 1. The van der Waals surface area contributed by atoms with Gasteiger partial charge in [0.2, 0.25) is 5.95 Å². The van der Waals surface area contributed by atoms with Crippen molar-refractivity contribution in [3.05, 3.63) is 29.5 Å². The zero-order valence-electron chi connectivity index (χ0n) is 14.6. The molecular formula is C17H26N6O. The highest BCUT2D eigenvalue weighted by Gasteiger charge is 2.29. The van der Waals surface area contributed by atoms with Gasteiger partial charge in [-0.2, -0.15) is 4.98 Å². The first-order valence-corrected chi connectivity index (χ1v) is 8.54. The average molecular weight is 330 g/mol. The van der Waals surface area contributed by atoms with Crippen LogP contribution in [0.5, 0.6) is 0 Å². The third kappa shape index (κ3) is 3.08. The highest BCUT2D eigenvalue weighted by Crippen LogP contribution is 2.32. The van der Waals surface area contributed by atoms with Gasteiger partial charge in [-0.3, -0.25) is 0 Å². The van der Waals surface area contributed by atoms with Crippen LogP contribution in [0, 0.1) is 12.8 Å². The summed E-state index contributed by atoms with van der Waals surface area (Å²) in [7, 11) is 1.92. The number of nitrogens with zero attached hydrogens (tertiary/aromatic N) is 5. The lowest BCUT2D eigenvalue weighted by Crippen LogP contribution is -2.37. The lowest BCUT2D eigenvalue weighted by atomic mass is 9.90. The average Bonchev–Trinajstić information content (AvgIpc) is 3.00. The molecule has 1 fully saturated rings. The summed E-state index contributed by atoms with van der Waals surface area (Å²) < 4.78 is 1.89. The summed E-state index contributed by atoms with van der Waals surface area (Å²) in [6, 6.07) is 0. The smallest absolute Gasteiger partial charge is 0.222 e. The number of nitrogens with two attached hydrogens (primary N) is 1. The third-order valence-electron chi connectivity index (χ3n) is 4.97. The summed E-state index contributed by atoms with van der Waals surface area (Å²) in [5, 5.41) is 10.6. The van der Waals surface area contributed by atoms with Gasteiger partial charge in [0.25, 0.3) is 0 Å². The zero-order chi connectivity index (χ0) is 17.3.